The van der Waals surface area contributed by atoms with Crippen molar-refractivity contribution in [3.05, 3.63) is 100 Å². The minimum atomic E-state index is -4.87. The molecule has 0 aliphatic carbocycles. The standard InChI is InChI=1S/C24H16F3N3O3/c25-24(26,27)18-13-16(11-12-21(32)33)29-23-22(18)19(31)14-20(28-15-7-3-1-4-8-15)30(23)17-9-5-2-6-10-17/h1-14,28H,(H,32,33). The van der Waals surface area contributed by atoms with Gasteiger partial charge in [-0.2, -0.15) is 13.2 Å². The van der Waals surface area contributed by atoms with Gasteiger partial charge in [-0.1, -0.05) is 36.4 Å². The molecule has 0 saturated carbocycles. The van der Waals surface area contributed by atoms with Gasteiger partial charge in [0.2, 0.25) is 0 Å². The Morgan fingerprint density at radius 2 is 1.64 bits per heavy atom. The number of alkyl halides is 3. The molecular weight excluding hydrogens is 435 g/mol. The van der Waals surface area contributed by atoms with Crippen LogP contribution < -0.4 is 10.7 Å². The summed E-state index contributed by atoms with van der Waals surface area (Å²) in [6.07, 6.45) is -3.23. The Morgan fingerprint density at radius 3 is 2.24 bits per heavy atom. The van der Waals surface area contributed by atoms with Crippen molar-refractivity contribution < 1.29 is 23.1 Å². The van der Waals surface area contributed by atoms with E-state index in [1.807, 2.05) is 0 Å². The van der Waals surface area contributed by atoms with E-state index in [1.165, 1.54) is 4.57 Å². The van der Waals surface area contributed by atoms with E-state index >= 15 is 0 Å². The largest absolute Gasteiger partial charge is 0.478 e. The Labute approximate surface area is 185 Å². The van der Waals surface area contributed by atoms with Crippen LogP contribution in [0.1, 0.15) is 11.3 Å². The monoisotopic (exact) mass is 451 g/mol. The molecule has 4 rings (SSSR count). The molecule has 166 valence electrons. The first-order valence-corrected chi connectivity index (χ1v) is 9.70. The second-order valence-electron chi connectivity index (χ2n) is 7.02. The molecule has 2 N–H and O–H groups in total. The number of nitrogens with zero attached hydrogens (tertiary/aromatic N) is 2. The van der Waals surface area contributed by atoms with Gasteiger partial charge < -0.3 is 10.4 Å². The molecule has 0 radical (unpaired) electrons. The summed E-state index contributed by atoms with van der Waals surface area (Å²) in [5.74, 6) is -1.14. The van der Waals surface area contributed by atoms with Crippen molar-refractivity contribution in [1.29, 1.82) is 0 Å². The fourth-order valence-electron chi connectivity index (χ4n) is 3.40. The third-order valence-corrected chi connectivity index (χ3v) is 4.75. The van der Waals surface area contributed by atoms with Crippen molar-refractivity contribution >= 4 is 34.6 Å². The average Bonchev–Trinajstić information content (AvgIpc) is 2.78. The number of fused-ring (bicyclic) bond motifs is 1. The molecule has 0 amide bonds. The van der Waals surface area contributed by atoms with Crippen LogP contribution in [0.5, 0.6) is 0 Å². The lowest BCUT2D eigenvalue weighted by Crippen LogP contribution is -2.19. The predicted octanol–water partition coefficient (Wildman–Crippen LogP) is 5.25. The van der Waals surface area contributed by atoms with Gasteiger partial charge in [0.15, 0.2) is 11.1 Å². The van der Waals surface area contributed by atoms with E-state index in [2.05, 4.69) is 10.3 Å². The first-order chi connectivity index (χ1) is 15.7. The summed E-state index contributed by atoms with van der Waals surface area (Å²) in [5, 5.41) is 11.3. The highest BCUT2D eigenvalue weighted by Gasteiger charge is 2.35. The molecular formula is C24H16F3N3O3. The summed E-state index contributed by atoms with van der Waals surface area (Å²) in [7, 11) is 0. The van der Waals surface area contributed by atoms with Gasteiger partial charge in [-0.15, -0.1) is 0 Å². The Hall–Kier alpha value is -4.40. The number of aromatic nitrogens is 2. The Balaban J connectivity index is 2.11. The maximum absolute atomic E-state index is 13.9. The Bertz CT molecular complexity index is 1410. The number of carbonyl (C=O) groups is 1. The third-order valence-electron chi connectivity index (χ3n) is 4.75. The van der Waals surface area contributed by atoms with E-state index < -0.39 is 28.5 Å². The summed E-state index contributed by atoms with van der Waals surface area (Å²) >= 11 is 0. The average molecular weight is 451 g/mol. The van der Waals surface area contributed by atoms with Crippen LogP contribution in [0.15, 0.2) is 83.7 Å². The molecule has 33 heavy (non-hydrogen) atoms. The zero-order valence-corrected chi connectivity index (χ0v) is 16.9. The highest BCUT2D eigenvalue weighted by Crippen LogP contribution is 2.35. The molecule has 2 aromatic carbocycles. The summed E-state index contributed by atoms with van der Waals surface area (Å²) in [6, 6.07) is 19.0. The van der Waals surface area contributed by atoms with Gasteiger partial charge in [-0.05, 0) is 36.4 Å². The third kappa shape index (κ3) is 4.62. The van der Waals surface area contributed by atoms with Crippen molar-refractivity contribution in [2.75, 3.05) is 5.32 Å². The minimum Gasteiger partial charge on any atom is -0.478 e. The number of hydrogen-bond donors (Lipinski definition) is 2. The van der Waals surface area contributed by atoms with Crippen LogP contribution >= 0.6 is 0 Å². The zero-order chi connectivity index (χ0) is 23.6. The molecule has 0 bridgehead atoms. The van der Waals surface area contributed by atoms with Gasteiger partial charge in [0.25, 0.3) is 0 Å². The highest BCUT2D eigenvalue weighted by atomic mass is 19.4. The maximum Gasteiger partial charge on any atom is 0.417 e. The van der Waals surface area contributed by atoms with Crippen molar-refractivity contribution in [3.8, 4) is 5.69 Å². The Morgan fingerprint density at radius 1 is 1.00 bits per heavy atom. The van der Waals surface area contributed by atoms with Gasteiger partial charge in [0.1, 0.15) is 5.82 Å². The number of hydrogen-bond acceptors (Lipinski definition) is 4. The van der Waals surface area contributed by atoms with Gasteiger partial charge in [0, 0.05) is 23.5 Å². The van der Waals surface area contributed by atoms with Crippen molar-refractivity contribution in [2.45, 2.75) is 6.18 Å². The molecule has 0 aliphatic rings. The van der Waals surface area contributed by atoms with E-state index in [1.54, 1.807) is 60.7 Å². The Kier molecular flexibility index (Phi) is 5.70. The number of halogens is 3. The second-order valence-corrected chi connectivity index (χ2v) is 7.02. The smallest absolute Gasteiger partial charge is 0.417 e. The summed E-state index contributed by atoms with van der Waals surface area (Å²) in [5.41, 5.74) is -1.51. The maximum atomic E-state index is 13.9. The number of para-hydroxylation sites is 2. The number of pyridine rings is 2. The molecule has 0 saturated heterocycles. The number of rotatable bonds is 5. The predicted molar refractivity (Wildman–Crippen MR) is 119 cm³/mol. The van der Waals surface area contributed by atoms with Crippen molar-refractivity contribution in [2.24, 2.45) is 0 Å². The second kappa shape index (κ2) is 8.62. The van der Waals surface area contributed by atoms with Crippen LogP contribution in [0, 0.1) is 0 Å². The van der Waals surface area contributed by atoms with Crippen LogP contribution in [0.2, 0.25) is 0 Å². The fourth-order valence-corrected chi connectivity index (χ4v) is 3.40. The fraction of sp³-hybridized carbons (Fsp3) is 0.0417. The summed E-state index contributed by atoms with van der Waals surface area (Å²) in [4.78, 5) is 28.1. The topological polar surface area (TPSA) is 84.2 Å². The number of carboxylic acids is 1. The van der Waals surface area contributed by atoms with Gasteiger partial charge in [-0.25, -0.2) is 9.78 Å². The van der Waals surface area contributed by atoms with Gasteiger partial charge in [0.05, 0.1) is 16.6 Å². The summed E-state index contributed by atoms with van der Waals surface area (Å²) < 4.78 is 43.2. The van der Waals surface area contributed by atoms with Crippen LogP contribution in [-0.4, -0.2) is 20.6 Å². The van der Waals surface area contributed by atoms with Crippen LogP contribution in [0.25, 0.3) is 22.8 Å². The summed E-state index contributed by atoms with van der Waals surface area (Å²) in [6.45, 7) is 0. The van der Waals surface area contributed by atoms with E-state index in [9.17, 15) is 22.8 Å². The lowest BCUT2D eigenvalue weighted by molar-refractivity contribution is -0.136. The first-order valence-electron chi connectivity index (χ1n) is 9.70. The lowest BCUT2D eigenvalue weighted by atomic mass is 10.1. The zero-order valence-electron chi connectivity index (χ0n) is 16.9. The molecule has 0 fully saturated rings. The van der Waals surface area contributed by atoms with Gasteiger partial charge in [-0.3, -0.25) is 9.36 Å². The van der Waals surface area contributed by atoms with E-state index in [0.717, 1.165) is 12.1 Å². The van der Waals surface area contributed by atoms with Gasteiger partial charge >= 0.3 is 12.1 Å². The quantitative estimate of drug-likeness (QED) is 0.405. The van der Waals surface area contributed by atoms with Crippen LogP contribution in [0.4, 0.5) is 24.7 Å². The molecule has 6 nitrogen and oxygen atoms in total. The first kappa shape index (κ1) is 21.8. The van der Waals surface area contributed by atoms with Crippen LogP contribution in [-0.2, 0) is 11.0 Å². The van der Waals surface area contributed by atoms with E-state index in [-0.39, 0.29) is 17.2 Å². The molecule has 2 heterocycles. The van der Waals surface area contributed by atoms with Crippen molar-refractivity contribution in [3.63, 3.8) is 0 Å². The number of anilines is 2. The minimum absolute atomic E-state index is 0.199. The number of carboxylic acid groups (broad SMARTS) is 1. The molecule has 0 unspecified atom stereocenters. The number of aliphatic carboxylic acids is 1. The molecule has 4 aromatic rings. The molecule has 0 atom stereocenters. The van der Waals surface area contributed by atoms with E-state index in [0.29, 0.717) is 23.5 Å². The molecule has 9 heteroatoms. The lowest BCUT2D eigenvalue weighted by Gasteiger charge is -2.20. The van der Waals surface area contributed by atoms with Crippen molar-refractivity contribution in [1.82, 2.24) is 9.55 Å². The highest BCUT2D eigenvalue weighted by molar-refractivity contribution is 5.88. The molecule has 2 aromatic heterocycles. The SMILES string of the molecule is O=C(O)C=Cc1cc(C(F)(F)F)c2c(=O)cc(Nc3ccccc3)n(-c3ccccc3)c2n1. The van der Waals surface area contributed by atoms with E-state index in [4.69, 9.17) is 5.11 Å². The molecule has 0 spiro atoms. The normalized spacial score (nSPS) is 11.7. The van der Waals surface area contributed by atoms with Crippen LogP contribution in [0.3, 0.4) is 0 Å². The number of benzene rings is 2. The molecule has 0 aliphatic heterocycles. The number of nitrogens with one attached hydrogen (secondary N) is 1.